The molecule has 1 fully saturated rings. The van der Waals surface area contributed by atoms with Crippen molar-refractivity contribution in [2.45, 2.75) is 11.3 Å². The predicted octanol–water partition coefficient (Wildman–Crippen LogP) is 2.34. The number of rotatable bonds is 5. The van der Waals surface area contributed by atoms with E-state index in [0.29, 0.717) is 48.8 Å². The van der Waals surface area contributed by atoms with E-state index in [0.717, 1.165) is 5.56 Å². The van der Waals surface area contributed by atoms with Gasteiger partial charge < -0.3 is 23.7 Å². The van der Waals surface area contributed by atoms with Crippen LogP contribution in [0.1, 0.15) is 0 Å². The highest BCUT2D eigenvalue weighted by molar-refractivity contribution is 7.99. The fraction of sp³-hybridized carbons (Fsp3) is 0.304. The van der Waals surface area contributed by atoms with Crippen molar-refractivity contribution >= 4 is 23.6 Å². The second-order valence-electron chi connectivity index (χ2n) is 7.60. The van der Waals surface area contributed by atoms with Crippen molar-refractivity contribution in [1.82, 2.24) is 20.0 Å². The smallest absolute Gasteiger partial charge is 0.277 e. The van der Waals surface area contributed by atoms with E-state index in [-0.39, 0.29) is 24.2 Å². The number of benzene rings is 2. The van der Waals surface area contributed by atoms with Gasteiger partial charge in [-0.2, -0.15) is 0 Å². The second kappa shape index (κ2) is 9.53. The van der Waals surface area contributed by atoms with E-state index in [1.807, 2.05) is 48.5 Å². The SMILES string of the molecule is O=C(CSc1nnc(-c2ccccc2)o1)N1CCN(C(=O)[C@H]2COc3ccccc3O2)CC1. The average Bonchev–Trinajstić information content (AvgIpc) is 3.36. The molecule has 33 heavy (non-hydrogen) atoms. The summed E-state index contributed by atoms with van der Waals surface area (Å²) in [7, 11) is 0. The van der Waals surface area contributed by atoms with Gasteiger partial charge in [0, 0.05) is 31.7 Å². The van der Waals surface area contributed by atoms with Gasteiger partial charge in [-0.3, -0.25) is 9.59 Å². The van der Waals surface area contributed by atoms with E-state index in [1.54, 1.807) is 15.9 Å². The molecule has 2 amide bonds. The van der Waals surface area contributed by atoms with Gasteiger partial charge in [-0.1, -0.05) is 42.1 Å². The topological polar surface area (TPSA) is 98.0 Å². The molecule has 3 aromatic rings. The molecule has 1 aromatic heterocycles. The van der Waals surface area contributed by atoms with Crippen LogP contribution in [0.3, 0.4) is 0 Å². The van der Waals surface area contributed by atoms with Gasteiger partial charge in [-0.15, -0.1) is 10.2 Å². The van der Waals surface area contributed by atoms with Crippen molar-refractivity contribution in [1.29, 1.82) is 0 Å². The first-order valence-electron chi connectivity index (χ1n) is 10.6. The van der Waals surface area contributed by atoms with Gasteiger partial charge >= 0.3 is 0 Å². The number of thioether (sulfide) groups is 1. The minimum atomic E-state index is -0.672. The number of piperazine rings is 1. The summed E-state index contributed by atoms with van der Waals surface area (Å²) in [5.41, 5.74) is 0.833. The van der Waals surface area contributed by atoms with Crippen LogP contribution in [-0.2, 0) is 9.59 Å². The Morgan fingerprint density at radius 1 is 0.909 bits per heavy atom. The maximum absolute atomic E-state index is 12.9. The maximum Gasteiger partial charge on any atom is 0.277 e. The largest absolute Gasteiger partial charge is 0.485 e. The highest BCUT2D eigenvalue weighted by Crippen LogP contribution is 2.31. The third-order valence-electron chi connectivity index (χ3n) is 5.47. The molecule has 9 nitrogen and oxygen atoms in total. The standard InChI is InChI=1S/C23H22N4O5S/c28-20(15-33-23-25-24-21(32-23)16-6-2-1-3-7-16)26-10-12-27(13-11-26)22(29)19-14-30-17-8-4-5-9-18(17)31-19/h1-9,19H,10-15H2/t19-/m1/s1. The van der Waals surface area contributed by atoms with Crippen LogP contribution >= 0.6 is 11.8 Å². The molecule has 10 heteroatoms. The minimum Gasteiger partial charge on any atom is -0.485 e. The van der Waals surface area contributed by atoms with E-state index >= 15 is 0 Å². The van der Waals surface area contributed by atoms with Crippen molar-refractivity contribution in [2.24, 2.45) is 0 Å². The molecule has 1 atom stereocenters. The van der Waals surface area contributed by atoms with Crippen LogP contribution in [0.2, 0.25) is 0 Å². The lowest BCUT2D eigenvalue weighted by molar-refractivity contribution is -0.145. The molecular weight excluding hydrogens is 444 g/mol. The molecule has 2 aliphatic rings. The Hall–Kier alpha value is -3.53. The Kier molecular flexibility index (Phi) is 6.16. The normalized spacial score (nSPS) is 17.6. The van der Waals surface area contributed by atoms with Gasteiger partial charge in [0.1, 0.15) is 6.61 Å². The van der Waals surface area contributed by atoms with Gasteiger partial charge in [-0.05, 0) is 24.3 Å². The Morgan fingerprint density at radius 3 is 2.39 bits per heavy atom. The molecule has 170 valence electrons. The van der Waals surface area contributed by atoms with Crippen LogP contribution in [0.5, 0.6) is 11.5 Å². The summed E-state index contributed by atoms with van der Waals surface area (Å²) in [5, 5.41) is 8.40. The Morgan fingerprint density at radius 2 is 1.61 bits per heavy atom. The lowest BCUT2D eigenvalue weighted by atomic mass is 10.2. The van der Waals surface area contributed by atoms with E-state index in [9.17, 15) is 9.59 Å². The fourth-order valence-corrected chi connectivity index (χ4v) is 4.37. The number of fused-ring (bicyclic) bond motifs is 1. The first kappa shape index (κ1) is 21.3. The fourth-order valence-electron chi connectivity index (χ4n) is 3.70. The summed E-state index contributed by atoms with van der Waals surface area (Å²) >= 11 is 1.21. The molecule has 0 spiro atoms. The molecule has 2 aromatic carbocycles. The third kappa shape index (κ3) is 4.80. The molecule has 0 saturated carbocycles. The van der Waals surface area contributed by atoms with Gasteiger partial charge in [0.05, 0.1) is 5.75 Å². The maximum atomic E-state index is 12.9. The summed E-state index contributed by atoms with van der Waals surface area (Å²) < 4.78 is 17.1. The zero-order valence-electron chi connectivity index (χ0n) is 17.8. The van der Waals surface area contributed by atoms with E-state index < -0.39 is 6.10 Å². The van der Waals surface area contributed by atoms with E-state index in [4.69, 9.17) is 13.9 Å². The second-order valence-corrected chi connectivity index (χ2v) is 8.52. The Balaban J connectivity index is 1.09. The predicted molar refractivity (Wildman–Crippen MR) is 120 cm³/mol. The summed E-state index contributed by atoms with van der Waals surface area (Å²) in [5.74, 6) is 1.69. The highest BCUT2D eigenvalue weighted by atomic mass is 32.2. The van der Waals surface area contributed by atoms with Crippen molar-refractivity contribution in [3.05, 3.63) is 54.6 Å². The lowest BCUT2D eigenvalue weighted by Gasteiger charge is -2.37. The number of hydrogen-bond acceptors (Lipinski definition) is 8. The van der Waals surface area contributed by atoms with Crippen LogP contribution in [0.4, 0.5) is 0 Å². The molecule has 1 saturated heterocycles. The van der Waals surface area contributed by atoms with Crippen molar-refractivity contribution < 1.29 is 23.5 Å². The monoisotopic (exact) mass is 466 g/mol. The Labute approximate surface area is 194 Å². The molecule has 2 aliphatic heterocycles. The molecule has 0 bridgehead atoms. The van der Waals surface area contributed by atoms with Gasteiger partial charge in [0.15, 0.2) is 11.5 Å². The zero-order valence-corrected chi connectivity index (χ0v) is 18.6. The van der Waals surface area contributed by atoms with Gasteiger partial charge in [0.25, 0.3) is 11.1 Å². The van der Waals surface area contributed by atoms with Crippen molar-refractivity contribution in [3.8, 4) is 23.0 Å². The average molecular weight is 467 g/mol. The number of ether oxygens (including phenoxy) is 2. The summed E-state index contributed by atoms with van der Waals surface area (Å²) in [4.78, 5) is 29.0. The van der Waals surface area contributed by atoms with Crippen LogP contribution in [0, 0.1) is 0 Å². The van der Waals surface area contributed by atoms with Gasteiger partial charge in [0.2, 0.25) is 17.9 Å². The molecule has 5 rings (SSSR count). The molecule has 0 aliphatic carbocycles. The van der Waals surface area contributed by atoms with E-state index in [1.165, 1.54) is 11.8 Å². The number of carbonyl (C=O) groups is 2. The summed E-state index contributed by atoms with van der Waals surface area (Å²) in [6.45, 7) is 2.02. The van der Waals surface area contributed by atoms with Crippen LogP contribution in [0.15, 0.2) is 64.2 Å². The minimum absolute atomic E-state index is 0.0299. The molecular formula is C23H22N4O5S. The van der Waals surface area contributed by atoms with Crippen LogP contribution in [-0.4, -0.2) is 76.5 Å². The van der Waals surface area contributed by atoms with Crippen LogP contribution in [0.25, 0.3) is 11.5 Å². The number of para-hydroxylation sites is 2. The number of aromatic nitrogens is 2. The van der Waals surface area contributed by atoms with Gasteiger partial charge in [-0.25, -0.2) is 0 Å². The molecule has 0 unspecified atom stereocenters. The Bertz CT molecular complexity index is 1130. The van der Waals surface area contributed by atoms with E-state index in [2.05, 4.69) is 10.2 Å². The first-order valence-corrected chi connectivity index (χ1v) is 11.6. The number of amides is 2. The molecule has 0 radical (unpaired) electrons. The summed E-state index contributed by atoms with van der Waals surface area (Å²) in [6.07, 6.45) is -0.672. The first-order chi connectivity index (χ1) is 16.2. The van der Waals surface area contributed by atoms with Crippen LogP contribution < -0.4 is 9.47 Å². The van der Waals surface area contributed by atoms with Crippen molar-refractivity contribution in [3.63, 3.8) is 0 Å². The number of hydrogen-bond donors (Lipinski definition) is 0. The number of nitrogens with zero attached hydrogens (tertiary/aromatic N) is 4. The summed E-state index contributed by atoms with van der Waals surface area (Å²) in [6, 6.07) is 16.8. The number of carbonyl (C=O) groups excluding carboxylic acids is 2. The lowest BCUT2D eigenvalue weighted by Crippen LogP contribution is -2.55. The quantitative estimate of drug-likeness (QED) is 0.529. The van der Waals surface area contributed by atoms with Crippen molar-refractivity contribution in [2.75, 3.05) is 38.5 Å². The molecule has 3 heterocycles. The molecule has 0 N–H and O–H groups in total. The highest BCUT2D eigenvalue weighted by Gasteiger charge is 2.33. The zero-order chi connectivity index (χ0) is 22.6. The third-order valence-corrected chi connectivity index (χ3v) is 6.28.